The van der Waals surface area contributed by atoms with Gasteiger partial charge in [0.1, 0.15) is 5.75 Å². The maximum absolute atomic E-state index is 12.5. The van der Waals surface area contributed by atoms with Crippen LogP contribution in [-0.4, -0.2) is 12.4 Å². The van der Waals surface area contributed by atoms with Crippen LogP contribution in [0.3, 0.4) is 0 Å². The number of ketones is 1. The van der Waals surface area contributed by atoms with Crippen LogP contribution >= 0.6 is 17.0 Å². The molecule has 0 saturated carbocycles. The maximum Gasteiger partial charge on any atom is 0.227 e. The Morgan fingerprint density at radius 2 is 1.70 bits per heavy atom. The number of benzene rings is 2. The van der Waals surface area contributed by atoms with Crippen LogP contribution in [0.5, 0.6) is 5.75 Å². The van der Waals surface area contributed by atoms with Gasteiger partial charge in [-0.15, -0.1) is 17.0 Å². The molecular weight excluding hydrogens is 354 g/mol. The molecule has 1 heterocycles. The summed E-state index contributed by atoms with van der Waals surface area (Å²) in [5.41, 5.74) is 1.76. The molecule has 3 rings (SSSR count). The smallest absolute Gasteiger partial charge is 0.227 e. The fraction of sp³-hybridized carbons (Fsp3) is 0.158. The van der Waals surface area contributed by atoms with Gasteiger partial charge < -0.3 is 4.74 Å². The van der Waals surface area contributed by atoms with E-state index < -0.39 is 0 Å². The molecule has 2 aromatic carbocycles. The fourth-order valence-electron chi connectivity index (χ4n) is 2.51. The molecule has 3 aromatic rings. The number of para-hydroxylation sites is 1. The van der Waals surface area contributed by atoms with Crippen LogP contribution < -0.4 is 9.30 Å². The average Bonchev–Trinajstić information content (AvgIpc) is 2.56. The van der Waals surface area contributed by atoms with Crippen LogP contribution in [0, 0.1) is 0 Å². The van der Waals surface area contributed by atoms with Gasteiger partial charge in [-0.2, -0.15) is 4.57 Å². The molecule has 0 radical (unpaired) electrons. The normalized spacial score (nSPS) is 10.1. The Morgan fingerprint density at radius 3 is 2.43 bits per heavy atom. The molecule has 0 spiro atoms. The van der Waals surface area contributed by atoms with Crippen molar-refractivity contribution in [3.8, 4) is 5.75 Å². The van der Waals surface area contributed by atoms with Crippen molar-refractivity contribution < 1.29 is 14.1 Å². The van der Waals surface area contributed by atoms with Crippen molar-refractivity contribution in [2.45, 2.75) is 13.5 Å². The van der Waals surface area contributed by atoms with E-state index in [2.05, 4.69) is 0 Å². The molecule has 0 bridgehead atoms. The molecule has 0 aliphatic heterocycles. The van der Waals surface area contributed by atoms with E-state index in [0.29, 0.717) is 18.7 Å². The lowest BCUT2D eigenvalue weighted by Crippen LogP contribution is -2.38. The number of fused-ring (bicyclic) bond motifs is 1. The number of carbonyl (C=O) groups is 1. The van der Waals surface area contributed by atoms with E-state index >= 15 is 0 Å². The number of hydrogen-bond acceptors (Lipinski definition) is 2. The van der Waals surface area contributed by atoms with Gasteiger partial charge in [-0.05, 0) is 43.3 Å². The summed E-state index contributed by atoms with van der Waals surface area (Å²) in [7, 11) is 0. The second-order valence-electron chi connectivity index (χ2n) is 5.08. The number of aromatic nitrogens is 1. The maximum atomic E-state index is 12.5. The summed E-state index contributed by atoms with van der Waals surface area (Å²) in [6.45, 7) is 2.89. The van der Waals surface area contributed by atoms with E-state index in [1.165, 1.54) is 0 Å². The number of Topliss-reactive ketones (excluding diaryl/α,β-unsaturated/α-hetero) is 1. The van der Waals surface area contributed by atoms with Gasteiger partial charge >= 0.3 is 0 Å². The summed E-state index contributed by atoms with van der Waals surface area (Å²) in [6.07, 6.45) is 1.94. The summed E-state index contributed by atoms with van der Waals surface area (Å²) in [4.78, 5) is 12.5. The van der Waals surface area contributed by atoms with Crippen molar-refractivity contribution in [2.24, 2.45) is 0 Å². The van der Waals surface area contributed by atoms with Gasteiger partial charge in [-0.1, -0.05) is 12.1 Å². The van der Waals surface area contributed by atoms with E-state index in [1.54, 1.807) is 0 Å². The van der Waals surface area contributed by atoms with E-state index in [1.807, 2.05) is 78.4 Å². The quantitative estimate of drug-likeness (QED) is 0.500. The molecule has 0 aliphatic carbocycles. The van der Waals surface area contributed by atoms with Gasteiger partial charge in [0, 0.05) is 23.1 Å². The van der Waals surface area contributed by atoms with E-state index in [9.17, 15) is 4.79 Å². The molecule has 118 valence electrons. The van der Waals surface area contributed by atoms with Crippen LogP contribution in [0.15, 0.2) is 66.9 Å². The Balaban J connectivity index is 0.00000192. The molecule has 0 amide bonds. The van der Waals surface area contributed by atoms with Gasteiger partial charge in [0.15, 0.2) is 6.20 Å². The van der Waals surface area contributed by atoms with Crippen molar-refractivity contribution in [3.05, 3.63) is 72.4 Å². The highest BCUT2D eigenvalue weighted by Gasteiger charge is 2.15. The van der Waals surface area contributed by atoms with Crippen LogP contribution in [-0.2, 0) is 6.54 Å². The van der Waals surface area contributed by atoms with Gasteiger partial charge in [-0.3, -0.25) is 4.79 Å². The van der Waals surface area contributed by atoms with Crippen LogP contribution in [0.4, 0.5) is 0 Å². The van der Waals surface area contributed by atoms with Crippen LogP contribution in [0.2, 0.25) is 0 Å². The highest BCUT2D eigenvalue weighted by molar-refractivity contribution is 8.93. The van der Waals surface area contributed by atoms with Crippen molar-refractivity contribution in [3.63, 3.8) is 0 Å². The lowest BCUT2D eigenvalue weighted by molar-refractivity contribution is -0.657. The monoisotopic (exact) mass is 372 g/mol. The minimum Gasteiger partial charge on any atom is -0.494 e. The molecular formula is C19H19BrNO2+. The highest BCUT2D eigenvalue weighted by atomic mass is 79.9. The Bertz CT molecular complexity index is 795. The molecule has 0 N–H and O–H groups in total. The molecule has 1 aromatic heterocycles. The third-order valence-corrected chi connectivity index (χ3v) is 3.59. The van der Waals surface area contributed by atoms with Gasteiger partial charge in [0.25, 0.3) is 0 Å². The van der Waals surface area contributed by atoms with Gasteiger partial charge in [0.05, 0.1) is 6.61 Å². The summed E-state index contributed by atoms with van der Waals surface area (Å²) < 4.78 is 7.38. The van der Waals surface area contributed by atoms with Crippen LogP contribution in [0.25, 0.3) is 10.9 Å². The molecule has 0 saturated heterocycles. The molecule has 0 unspecified atom stereocenters. The van der Waals surface area contributed by atoms with Gasteiger partial charge in [0.2, 0.25) is 17.8 Å². The second-order valence-corrected chi connectivity index (χ2v) is 5.08. The Morgan fingerprint density at radius 1 is 1.00 bits per heavy atom. The molecule has 0 atom stereocenters. The third-order valence-electron chi connectivity index (χ3n) is 3.59. The fourth-order valence-corrected chi connectivity index (χ4v) is 2.51. The third kappa shape index (κ3) is 3.96. The molecule has 23 heavy (non-hydrogen) atoms. The summed E-state index contributed by atoms with van der Waals surface area (Å²) >= 11 is 0. The lowest BCUT2D eigenvalue weighted by Gasteiger charge is -2.04. The van der Waals surface area contributed by atoms with Crippen molar-refractivity contribution in [2.75, 3.05) is 6.61 Å². The Labute approximate surface area is 146 Å². The van der Waals surface area contributed by atoms with Crippen molar-refractivity contribution in [1.82, 2.24) is 0 Å². The SMILES string of the molecule is Br.CCOc1ccc(C(=O)C[n+]2cccc3ccccc32)cc1. The molecule has 3 nitrogen and oxygen atoms in total. The first kappa shape index (κ1) is 17.2. The predicted octanol–water partition coefficient (Wildman–Crippen LogP) is 3.99. The molecule has 0 aliphatic rings. The minimum atomic E-state index is 0. The number of halogens is 1. The number of pyridine rings is 1. The lowest BCUT2D eigenvalue weighted by atomic mass is 10.1. The summed E-state index contributed by atoms with van der Waals surface area (Å²) in [5, 5.41) is 1.13. The second kappa shape index (κ2) is 7.88. The van der Waals surface area contributed by atoms with Crippen molar-refractivity contribution in [1.29, 1.82) is 0 Å². The topological polar surface area (TPSA) is 30.2 Å². The van der Waals surface area contributed by atoms with Gasteiger partial charge in [-0.25, -0.2) is 0 Å². The summed E-state index contributed by atoms with van der Waals surface area (Å²) in [5.74, 6) is 0.876. The number of carbonyl (C=O) groups excluding carboxylic acids is 1. The van der Waals surface area contributed by atoms with E-state index in [-0.39, 0.29) is 22.8 Å². The number of rotatable bonds is 5. The van der Waals surface area contributed by atoms with E-state index in [0.717, 1.165) is 16.7 Å². The van der Waals surface area contributed by atoms with Crippen molar-refractivity contribution >= 4 is 33.7 Å². The summed E-state index contributed by atoms with van der Waals surface area (Å²) in [6, 6.07) is 19.4. The highest BCUT2D eigenvalue weighted by Crippen LogP contribution is 2.13. The number of ether oxygens (including phenoxy) is 1. The average molecular weight is 373 g/mol. The molecule has 0 fully saturated rings. The number of hydrogen-bond donors (Lipinski definition) is 0. The largest absolute Gasteiger partial charge is 0.494 e. The zero-order valence-electron chi connectivity index (χ0n) is 12.9. The van der Waals surface area contributed by atoms with E-state index in [4.69, 9.17) is 4.74 Å². The Kier molecular flexibility index (Phi) is 5.88. The Hall–Kier alpha value is -2.20. The first-order chi connectivity index (χ1) is 10.8. The minimum absolute atomic E-state index is 0. The number of nitrogens with zero attached hydrogens (tertiary/aromatic N) is 1. The zero-order chi connectivity index (χ0) is 15.4. The standard InChI is InChI=1S/C19H18NO2.BrH/c1-2-22-17-11-9-16(10-12-17)19(21)14-20-13-5-7-15-6-3-4-8-18(15)20;/h3-13H,2,14H2,1H3;1H/q+1;. The van der Waals surface area contributed by atoms with Crippen LogP contribution in [0.1, 0.15) is 17.3 Å². The first-order valence-electron chi connectivity index (χ1n) is 7.41. The zero-order valence-corrected chi connectivity index (χ0v) is 14.7. The predicted molar refractivity (Wildman–Crippen MR) is 96.4 cm³/mol. The first-order valence-corrected chi connectivity index (χ1v) is 7.41. The molecule has 4 heteroatoms.